The first-order valence-corrected chi connectivity index (χ1v) is 7.58. The zero-order chi connectivity index (χ0) is 11.2. The Morgan fingerprint density at radius 3 is 2.75 bits per heavy atom. The lowest BCUT2D eigenvalue weighted by Crippen LogP contribution is -2.03. The Morgan fingerprint density at radius 1 is 1.31 bits per heavy atom. The SMILES string of the molecule is SCC(CSc1nccs1)c1ccccc1. The van der Waals surface area contributed by atoms with Crippen LogP contribution in [0.25, 0.3) is 0 Å². The standard InChI is InChI=1S/C12H13NS3/c14-8-11(10-4-2-1-3-5-10)9-16-12-13-6-7-15-12/h1-7,11,14H,8-9H2. The normalized spacial score (nSPS) is 12.6. The minimum absolute atomic E-state index is 0.499. The highest BCUT2D eigenvalue weighted by Crippen LogP contribution is 2.28. The number of thiazole rings is 1. The summed E-state index contributed by atoms with van der Waals surface area (Å²) in [6.45, 7) is 0. The van der Waals surface area contributed by atoms with Crippen LogP contribution in [0.1, 0.15) is 11.5 Å². The van der Waals surface area contributed by atoms with Gasteiger partial charge in [0.15, 0.2) is 0 Å². The third kappa shape index (κ3) is 3.27. The monoisotopic (exact) mass is 267 g/mol. The molecule has 1 unspecified atom stereocenters. The summed E-state index contributed by atoms with van der Waals surface area (Å²) in [6.07, 6.45) is 1.85. The van der Waals surface area contributed by atoms with Crippen LogP contribution in [-0.4, -0.2) is 16.5 Å². The summed E-state index contributed by atoms with van der Waals surface area (Å²) in [4.78, 5) is 4.27. The van der Waals surface area contributed by atoms with Gasteiger partial charge in [0.2, 0.25) is 0 Å². The first-order chi connectivity index (χ1) is 7.90. The molecule has 0 amide bonds. The van der Waals surface area contributed by atoms with Crippen molar-refractivity contribution in [3.63, 3.8) is 0 Å². The van der Waals surface area contributed by atoms with Crippen LogP contribution in [0, 0.1) is 0 Å². The Morgan fingerprint density at radius 2 is 2.12 bits per heavy atom. The van der Waals surface area contributed by atoms with Crippen LogP contribution < -0.4 is 0 Å². The second-order valence-electron chi connectivity index (χ2n) is 3.40. The maximum absolute atomic E-state index is 4.43. The van der Waals surface area contributed by atoms with Crippen LogP contribution in [0.15, 0.2) is 46.2 Å². The van der Waals surface area contributed by atoms with E-state index in [-0.39, 0.29) is 0 Å². The maximum atomic E-state index is 4.43. The molecule has 0 aliphatic heterocycles. The van der Waals surface area contributed by atoms with E-state index < -0.39 is 0 Å². The first-order valence-electron chi connectivity index (χ1n) is 5.08. The molecule has 0 saturated carbocycles. The van der Waals surface area contributed by atoms with E-state index in [1.165, 1.54) is 5.56 Å². The molecule has 1 atom stereocenters. The van der Waals surface area contributed by atoms with E-state index in [0.717, 1.165) is 15.8 Å². The minimum atomic E-state index is 0.499. The average molecular weight is 267 g/mol. The lowest BCUT2D eigenvalue weighted by molar-refractivity contribution is 0.897. The van der Waals surface area contributed by atoms with Crippen molar-refractivity contribution in [2.75, 3.05) is 11.5 Å². The van der Waals surface area contributed by atoms with Gasteiger partial charge in [-0.15, -0.1) is 11.3 Å². The molecule has 1 heterocycles. The van der Waals surface area contributed by atoms with Gasteiger partial charge in [-0.2, -0.15) is 12.6 Å². The number of nitrogens with zero attached hydrogens (tertiary/aromatic N) is 1. The number of hydrogen-bond acceptors (Lipinski definition) is 4. The molecule has 0 N–H and O–H groups in total. The molecule has 2 rings (SSSR count). The van der Waals surface area contributed by atoms with Crippen molar-refractivity contribution in [3.05, 3.63) is 47.5 Å². The molecule has 0 saturated heterocycles. The third-order valence-corrected chi connectivity index (χ3v) is 4.88. The third-order valence-electron chi connectivity index (χ3n) is 2.31. The molecule has 0 aliphatic carbocycles. The fraction of sp³-hybridized carbons (Fsp3) is 0.250. The van der Waals surface area contributed by atoms with Gasteiger partial charge in [0.1, 0.15) is 4.34 Å². The van der Waals surface area contributed by atoms with Crippen molar-refractivity contribution in [2.24, 2.45) is 0 Å². The molecule has 2 aromatic rings. The maximum Gasteiger partial charge on any atom is 0.149 e. The predicted molar refractivity (Wildman–Crippen MR) is 75.9 cm³/mol. The van der Waals surface area contributed by atoms with Crippen molar-refractivity contribution in [2.45, 2.75) is 10.3 Å². The Hall–Kier alpha value is -0.450. The molecule has 0 fully saturated rings. The fourth-order valence-corrected chi connectivity index (χ4v) is 3.74. The van der Waals surface area contributed by atoms with Crippen LogP contribution in [0.5, 0.6) is 0 Å². The second-order valence-corrected chi connectivity index (χ2v) is 5.93. The average Bonchev–Trinajstić information content (AvgIpc) is 2.84. The van der Waals surface area contributed by atoms with Gasteiger partial charge < -0.3 is 0 Å². The summed E-state index contributed by atoms with van der Waals surface area (Å²) in [5.74, 6) is 2.42. The van der Waals surface area contributed by atoms with Crippen LogP contribution in [0.3, 0.4) is 0 Å². The molecular weight excluding hydrogens is 254 g/mol. The molecule has 1 nitrogen and oxygen atoms in total. The lowest BCUT2D eigenvalue weighted by atomic mass is 10.0. The lowest BCUT2D eigenvalue weighted by Gasteiger charge is -2.13. The van der Waals surface area contributed by atoms with E-state index in [1.54, 1.807) is 11.3 Å². The number of hydrogen-bond donors (Lipinski definition) is 1. The zero-order valence-electron chi connectivity index (χ0n) is 8.74. The number of benzene rings is 1. The topological polar surface area (TPSA) is 12.9 Å². The van der Waals surface area contributed by atoms with E-state index in [2.05, 4.69) is 41.9 Å². The van der Waals surface area contributed by atoms with Crippen LogP contribution >= 0.6 is 35.7 Å². The number of thioether (sulfide) groups is 1. The molecule has 0 radical (unpaired) electrons. The zero-order valence-corrected chi connectivity index (χ0v) is 11.3. The van der Waals surface area contributed by atoms with Gasteiger partial charge in [-0.1, -0.05) is 42.1 Å². The van der Waals surface area contributed by atoms with Gasteiger partial charge >= 0.3 is 0 Å². The Labute approximate surface area is 110 Å². The van der Waals surface area contributed by atoms with Gasteiger partial charge in [-0.25, -0.2) is 4.98 Å². The van der Waals surface area contributed by atoms with Gasteiger partial charge in [0.25, 0.3) is 0 Å². The number of rotatable bonds is 5. The highest BCUT2D eigenvalue weighted by Gasteiger charge is 2.10. The molecule has 1 aromatic heterocycles. The van der Waals surface area contributed by atoms with Gasteiger partial charge in [0.05, 0.1) is 0 Å². The van der Waals surface area contributed by atoms with E-state index in [4.69, 9.17) is 0 Å². The summed E-state index contributed by atoms with van der Waals surface area (Å²) in [5.41, 5.74) is 1.36. The van der Waals surface area contributed by atoms with Crippen LogP contribution in [-0.2, 0) is 0 Å². The van der Waals surface area contributed by atoms with Crippen molar-refractivity contribution in [3.8, 4) is 0 Å². The summed E-state index contributed by atoms with van der Waals surface area (Å²) in [5, 5.41) is 2.01. The van der Waals surface area contributed by atoms with Gasteiger partial charge in [0, 0.05) is 23.2 Å². The molecule has 84 valence electrons. The van der Waals surface area contributed by atoms with E-state index in [9.17, 15) is 0 Å². The van der Waals surface area contributed by atoms with E-state index in [0.29, 0.717) is 5.92 Å². The Bertz CT molecular complexity index is 399. The quantitative estimate of drug-likeness (QED) is 0.651. The highest BCUT2D eigenvalue weighted by atomic mass is 32.2. The molecule has 16 heavy (non-hydrogen) atoms. The molecule has 0 spiro atoms. The summed E-state index contributed by atoms with van der Waals surface area (Å²) >= 11 is 7.94. The molecule has 0 aliphatic rings. The predicted octanol–water partition coefficient (Wildman–Crippen LogP) is 3.95. The van der Waals surface area contributed by atoms with E-state index >= 15 is 0 Å². The summed E-state index contributed by atoms with van der Waals surface area (Å²) in [6, 6.07) is 10.6. The molecular formula is C12H13NS3. The smallest absolute Gasteiger partial charge is 0.149 e. The fourth-order valence-electron chi connectivity index (χ4n) is 1.43. The van der Waals surface area contributed by atoms with Gasteiger partial charge in [-0.05, 0) is 11.3 Å². The number of aromatic nitrogens is 1. The molecule has 4 heteroatoms. The van der Waals surface area contributed by atoms with Crippen LogP contribution in [0.2, 0.25) is 0 Å². The highest BCUT2D eigenvalue weighted by molar-refractivity contribution is 8.01. The van der Waals surface area contributed by atoms with Crippen molar-refractivity contribution in [1.29, 1.82) is 0 Å². The van der Waals surface area contributed by atoms with Crippen LogP contribution in [0.4, 0.5) is 0 Å². The molecule has 1 aromatic carbocycles. The van der Waals surface area contributed by atoms with Crippen molar-refractivity contribution in [1.82, 2.24) is 4.98 Å². The summed E-state index contributed by atoms with van der Waals surface area (Å²) < 4.78 is 1.14. The Balaban J connectivity index is 1.96. The number of thiol groups is 1. The van der Waals surface area contributed by atoms with Gasteiger partial charge in [-0.3, -0.25) is 0 Å². The Kier molecular flexibility index (Phi) is 4.75. The van der Waals surface area contributed by atoms with Crippen molar-refractivity contribution >= 4 is 35.7 Å². The first kappa shape index (κ1) is 12.0. The largest absolute Gasteiger partial charge is 0.238 e. The second kappa shape index (κ2) is 6.33. The summed E-state index contributed by atoms with van der Waals surface area (Å²) in [7, 11) is 0. The molecule has 0 bridgehead atoms. The van der Waals surface area contributed by atoms with Crippen molar-refractivity contribution < 1.29 is 0 Å². The van der Waals surface area contributed by atoms with E-state index in [1.807, 2.05) is 29.4 Å². The minimum Gasteiger partial charge on any atom is -0.238 e.